The number of nitrogens with zero attached hydrogens (tertiary/aromatic N) is 2. The average Bonchev–Trinajstić information content (AvgIpc) is 3.16. The molecule has 7 heteroatoms. The van der Waals surface area contributed by atoms with Crippen LogP contribution in [-0.2, 0) is 16.8 Å². The third kappa shape index (κ3) is 4.60. The van der Waals surface area contributed by atoms with Crippen molar-refractivity contribution in [3.8, 4) is 5.75 Å². The second-order valence-electron chi connectivity index (χ2n) is 8.42. The normalized spacial score (nSPS) is 14.0. The number of ether oxygens (including phenoxy) is 1. The van der Waals surface area contributed by atoms with Crippen LogP contribution < -0.4 is 15.0 Å². The standard InChI is InChI=1S/C22H29N3O4/c1-6-22(4,5)15-7-8-18-17(9-15)25(20(26)13-28-18)11-19-24-16(12-29-19)21(27)23-10-14(2)3/h7-9,12,14H,6,10-11,13H2,1-5H3,(H,23,27). The second-order valence-corrected chi connectivity index (χ2v) is 8.42. The Morgan fingerprint density at radius 2 is 2.10 bits per heavy atom. The fourth-order valence-corrected chi connectivity index (χ4v) is 3.01. The van der Waals surface area contributed by atoms with Gasteiger partial charge in [-0.2, -0.15) is 0 Å². The van der Waals surface area contributed by atoms with Crippen LogP contribution in [0.3, 0.4) is 0 Å². The molecule has 0 fully saturated rings. The molecule has 156 valence electrons. The average molecular weight is 399 g/mol. The van der Waals surface area contributed by atoms with Gasteiger partial charge in [0.05, 0.1) is 5.69 Å². The monoisotopic (exact) mass is 399 g/mol. The minimum atomic E-state index is -0.283. The lowest BCUT2D eigenvalue weighted by Gasteiger charge is -2.31. The van der Waals surface area contributed by atoms with Gasteiger partial charge in [-0.3, -0.25) is 14.5 Å². The largest absolute Gasteiger partial charge is 0.482 e. The van der Waals surface area contributed by atoms with E-state index in [1.807, 2.05) is 32.0 Å². The number of rotatable bonds is 7. The molecule has 1 aromatic heterocycles. The predicted octanol–water partition coefficient (Wildman–Crippen LogP) is 3.67. The number of carbonyl (C=O) groups is 2. The van der Waals surface area contributed by atoms with E-state index in [9.17, 15) is 9.59 Å². The van der Waals surface area contributed by atoms with Gasteiger partial charge in [-0.25, -0.2) is 4.98 Å². The minimum absolute atomic E-state index is 0.0220. The molecule has 0 bridgehead atoms. The molecule has 0 spiro atoms. The first kappa shape index (κ1) is 20.9. The van der Waals surface area contributed by atoms with E-state index in [0.29, 0.717) is 29.8 Å². The van der Waals surface area contributed by atoms with E-state index in [2.05, 4.69) is 31.1 Å². The summed E-state index contributed by atoms with van der Waals surface area (Å²) in [5.41, 5.74) is 2.01. The highest BCUT2D eigenvalue weighted by atomic mass is 16.5. The predicted molar refractivity (Wildman–Crippen MR) is 110 cm³/mol. The lowest BCUT2D eigenvalue weighted by atomic mass is 9.82. The summed E-state index contributed by atoms with van der Waals surface area (Å²) in [7, 11) is 0. The molecule has 2 aromatic rings. The van der Waals surface area contributed by atoms with E-state index in [-0.39, 0.29) is 36.1 Å². The SMILES string of the molecule is CCC(C)(C)c1ccc2c(c1)N(Cc1nc(C(=O)NCC(C)C)co1)C(=O)CO2. The van der Waals surface area contributed by atoms with Crippen LogP contribution in [0.1, 0.15) is 63.0 Å². The highest BCUT2D eigenvalue weighted by Crippen LogP contribution is 2.38. The van der Waals surface area contributed by atoms with E-state index in [0.717, 1.165) is 12.0 Å². The van der Waals surface area contributed by atoms with Crippen molar-refractivity contribution in [1.29, 1.82) is 0 Å². The van der Waals surface area contributed by atoms with E-state index in [1.54, 1.807) is 4.90 Å². The van der Waals surface area contributed by atoms with Gasteiger partial charge >= 0.3 is 0 Å². The maximum atomic E-state index is 12.6. The Balaban J connectivity index is 1.83. The van der Waals surface area contributed by atoms with Gasteiger partial charge in [0.25, 0.3) is 11.8 Å². The van der Waals surface area contributed by atoms with Crippen molar-refractivity contribution >= 4 is 17.5 Å². The van der Waals surface area contributed by atoms with Gasteiger partial charge in [0.1, 0.15) is 18.6 Å². The van der Waals surface area contributed by atoms with Gasteiger partial charge in [-0.1, -0.05) is 40.7 Å². The first-order chi connectivity index (χ1) is 13.7. The van der Waals surface area contributed by atoms with E-state index >= 15 is 0 Å². The Labute approximate surface area is 171 Å². The maximum Gasteiger partial charge on any atom is 0.273 e. The number of oxazole rings is 1. The summed E-state index contributed by atoms with van der Waals surface area (Å²) in [5, 5.41) is 2.81. The molecule has 0 aliphatic carbocycles. The number of hydrogen-bond acceptors (Lipinski definition) is 5. The Morgan fingerprint density at radius 3 is 2.79 bits per heavy atom. The molecule has 1 aromatic carbocycles. The number of carbonyl (C=O) groups excluding carboxylic acids is 2. The summed E-state index contributed by atoms with van der Waals surface area (Å²) in [5.74, 6) is 0.847. The van der Waals surface area contributed by atoms with Crippen molar-refractivity contribution in [2.75, 3.05) is 18.1 Å². The third-order valence-corrected chi connectivity index (χ3v) is 5.32. The van der Waals surface area contributed by atoms with Crippen LogP contribution in [0.25, 0.3) is 0 Å². The topological polar surface area (TPSA) is 84.7 Å². The first-order valence-corrected chi connectivity index (χ1v) is 10.0. The fourth-order valence-electron chi connectivity index (χ4n) is 3.01. The van der Waals surface area contributed by atoms with Crippen molar-refractivity contribution < 1.29 is 18.7 Å². The molecular formula is C22H29N3O4. The summed E-state index contributed by atoms with van der Waals surface area (Å²) in [4.78, 5) is 30.6. The molecule has 1 aliphatic heterocycles. The number of aromatic nitrogens is 1. The number of hydrogen-bond donors (Lipinski definition) is 1. The zero-order chi connectivity index (χ0) is 21.2. The first-order valence-electron chi connectivity index (χ1n) is 10.0. The zero-order valence-corrected chi connectivity index (χ0v) is 17.7. The number of amides is 2. The van der Waals surface area contributed by atoms with Gasteiger partial charge in [0.15, 0.2) is 12.3 Å². The van der Waals surface area contributed by atoms with Crippen molar-refractivity contribution in [3.63, 3.8) is 0 Å². The van der Waals surface area contributed by atoms with Gasteiger partial charge in [-0.05, 0) is 35.4 Å². The van der Waals surface area contributed by atoms with Crippen LogP contribution in [0.2, 0.25) is 0 Å². The molecular weight excluding hydrogens is 370 g/mol. The van der Waals surface area contributed by atoms with Gasteiger partial charge in [0, 0.05) is 6.54 Å². The Bertz CT molecular complexity index is 901. The molecule has 3 rings (SSSR count). The van der Waals surface area contributed by atoms with Crippen LogP contribution in [-0.4, -0.2) is 29.9 Å². The molecule has 0 unspecified atom stereocenters. The van der Waals surface area contributed by atoms with Gasteiger partial charge in [-0.15, -0.1) is 0 Å². The van der Waals surface area contributed by atoms with Crippen LogP contribution in [0.15, 0.2) is 28.9 Å². The van der Waals surface area contributed by atoms with Crippen molar-refractivity contribution in [1.82, 2.24) is 10.3 Å². The molecule has 7 nitrogen and oxygen atoms in total. The number of anilines is 1. The van der Waals surface area contributed by atoms with Crippen molar-refractivity contribution in [2.45, 2.75) is 53.0 Å². The van der Waals surface area contributed by atoms with Gasteiger partial charge in [0.2, 0.25) is 5.89 Å². The van der Waals surface area contributed by atoms with E-state index in [1.165, 1.54) is 6.26 Å². The van der Waals surface area contributed by atoms with Gasteiger partial charge < -0.3 is 14.5 Å². The fraction of sp³-hybridized carbons (Fsp3) is 0.500. The smallest absolute Gasteiger partial charge is 0.273 e. The molecule has 1 aliphatic rings. The van der Waals surface area contributed by atoms with Crippen LogP contribution in [0.5, 0.6) is 5.75 Å². The molecule has 0 atom stereocenters. The second kappa shape index (κ2) is 8.27. The quantitative estimate of drug-likeness (QED) is 0.768. The number of fused-ring (bicyclic) bond motifs is 1. The minimum Gasteiger partial charge on any atom is -0.482 e. The summed E-state index contributed by atoms with van der Waals surface area (Å²) in [6.07, 6.45) is 2.29. The Morgan fingerprint density at radius 1 is 1.34 bits per heavy atom. The summed E-state index contributed by atoms with van der Waals surface area (Å²) < 4.78 is 11.1. The summed E-state index contributed by atoms with van der Waals surface area (Å²) in [6, 6.07) is 5.94. The molecule has 0 saturated heterocycles. The highest BCUT2D eigenvalue weighted by molar-refractivity contribution is 5.98. The lowest BCUT2D eigenvalue weighted by Crippen LogP contribution is -2.38. The summed E-state index contributed by atoms with van der Waals surface area (Å²) >= 11 is 0. The molecule has 2 heterocycles. The third-order valence-electron chi connectivity index (χ3n) is 5.32. The molecule has 0 radical (unpaired) electrons. The zero-order valence-electron chi connectivity index (χ0n) is 17.7. The highest BCUT2D eigenvalue weighted by Gasteiger charge is 2.29. The van der Waals surface area contributed by atoms with E-state index < -0.39 is 0 Å². The number of nitrogens with one attached hydrogen (secondary N) is 1. The maximum absolute atomic E-state index is 12.6. The van der Waals surface area contributed by atoms with Crippen LogP contribution in [0, 0.1) is 5.92 Å². The van der Waals surface area contributed by atoms with Crippen LogP contribution in [0.4, 0.5) is 5.69 Å². The molecule has 29 heavy (non-hydrogen) atoms. The Kier molecular flexibility index (Phi) is 5.96. The van der Waals surface area contributed by atoms with Crippen molar-refractivity contribution in [3.05, 3.63) is 41.6 Å². The summed E-state index contributed by atoms with van der Waals surface area (Å²) in [6.45, 7) is 11.2. The molecule has 0 saturated carbocycles. The molecule has 2 amide bonds. The lowest BCUT2D eigenvalue weighted by molar-refractivity contribution is -0.121. The van der Waals surface area contributed by atoms with E-state index in [4.69, 9.17) is 9.15 Å². The number of benzene rings is 1. The Hall–Kier alpha value is -2.83. The molecule has 1 N–H and O–H groups in total. The van der Waals surface area contributed by atoms with Crippen molar-refractivity contribution in [2.24, 2.45) is 5.92 Å². The van der Waals surface area contributed by atoms with Crippen LogP contribution >= 0.6 is 0 Å².